The van der Waals surface area contributed by atoms with Gasteiger partial charge in [-0.1, -0.05) is 12.8 Å². The topological polar surface area (TPSA) is 54.3 Å². The number of nitrogens with zero attached hydrogens (tertiary/aromatic N) is 1. The fourth-order valence-corrected chi connectivity index (χ4v) is 3.29. The molecule has 1 fully saturated rings. The summed E-state index contributed by atoms with van der Waals surface area (Å²) in [4.78, 5) is 11.2. The number of aryl methyl sites for hydroxylation is 1. The molecule has 0 unspecified atom stereocenters. The average molecular weight is 286 g/mol. The quantitative estimate of drug-likeness (QED) is 0.886. The summed E-state index contributed by atoms with van der Waals surface area (Å²) in [6.45, 7) is 3.82. The molecule has 4 heteroatoms. The number of hydrogen-bond acceptors (Lipinski definition) is 2. The monoisotopic (exact) mass is 286 g/mol. The molecule has 4 nitrogen and oxygen atoms in total. The molecule has 0 radical (unpaired) electrons. The Kier molecular flexibility index (Phi) is 3.97. The maximum Gasteiger partial charge on any atom is 0.335 e. The minimum atomic E-state index is -0.865. The fourth-order valence-electron chi connectivity index (χ4n) is 3.29. The zero-order chi connectivity index (χ0) is 14.8. The third-order valence-corrected chi connectivity index (χ3v) is 4.49. The van der Waals surface area contributed by atoms with Crippen LogP contribution >= 0.6 is 0 Å². The van der Waals surface area contributed by atoms with Gasteiger partial charge in [0.15, 0.2) is 0 Å². The maximum atomic E-state index is 11.2. The van der Waals surface area contributed by atoms with Gasteiger partial charge in [0, 0.05) is 36.2 Å². The lowest BCUT2D eigenvalue weighted by Crippen LogP contribution is -2.25. The van der Waals surface area contributed by atoms with Crippen LogP contribution in [0.25, 0.3) is 10.9 Å². The van der Waals surface area contributed by atoms with Gasteiger partial charge in [-0.3, -0.25) is 0 Å². The maximum absolute atomic E-state index is 11.2. The molecule has 112 valence electrons. The second-order valence-electron chi connectivity index (χ2n) is 5.84. The van der Waals surface area contributed by atoms with Gasteiger partial charge >= 0.3 is 5.97 Å². The Morgan fingerprint density at radius 2 is 2.14 bits per heavy atom. The second kappa shape index (κ2) is 5.90. The summed E-state index contributed by atoms with van der Waals surface area (Å²) in [6, 6.07) is 6.02. The molecule has 0 amide bonds. The van der Waals surface area contributed by atoms with Crippen molar-refractivity contribution < 1.29 is 9.90 Å². The van der Waals surface area contributed by atoms with Crippen LogP contribution in [0, 0.1) is 0 Å². The summed E-state index contributed by atoms with van der Waals surface area (Å²) in [5.74, 6) is -0.865. The number of fused-ring (bicyclic) bond motifs is 1. The number of carboxylic acid groups (broad SMARTS) is 1. The van der Waals surface area contributed by atoms with Crippen molar-refractivity contribution in [3.8, 4) is 0 Å². The van der Waals surface area contributed by atoms with Crippen LogP contribution in [0.1, 0.15) is 48.5 Å². The van der Waals surface area contributed by atoms with E-state index in [0.717, 1.165) is 24.0 Å². The number of rotatable bonds is 5. The predicted molar refractivity (Wildman–Crippen MR) is 83.7 cm³/mol. The number of carboxylic acids is 1. The molecule has 0 aliphatic heterocycles. The Morgan fingerprint density at radius 1 is 1.38 bits per heavy atom. The number of benzene rings is 1. The largest absolute Gasteiger partial charge is 0.478 e. The van der Waals surface area contributed by atoms with Crippen LogP contribution in [0.2, 0.25) is 0 Å². The van der Waals surface area contributed by atoms with E-state index in [-0.39, 0.29) is 0 Å². The number of hydrogen-bond donors (Lipinski definition) is 2. The summed E-state index contributed by atoms with van der Waals surface area (Å²) < 4.78 is 2.19. The molecule has 1 saturated carbocycles. The van der Waals surface area contributed by atoms with Gasteiger partial charge < -0.3 is 15.0 Å². The first-order valence-electron chi connectivity index (χ1n) is 7.77. The van der Waals surface area contributed by atoms with Gasteiger partial charge in [-0.15, -0.1) is 0 Å². The van der Waals surface area contributed by atoms with E-state index in [1.165, 1.54) is 31.2 Å². The van der Waals surface area contributed by atoms with E-state index in [1.54, 1.807) is 12.1 Å². The summed E-state index contributed by atoms with van der Waals surface area (Å²) in [6.07, 6.45) is 7.30. The molecule has 0 saturated heterocycles. The Hall–Kier alpha value is -1.81. The molecule has 2 aromatic rings. The highest BCUT2D eigenvalue weighted by Gasteiger charge is 2.16. The van der Waals surface area contributed by atoms with Crippen molar-refractivity contribution in [1.29, 1.82) is 0 Å². The molecule has 0 spiro atoms. The highest BCUT2D eigenvalue weighted by atomic mass is 16.4. The predicted octanol–water partition coefficient (Wildman–Crippen LogP) is 3.39. The molecule has 3 rings (SSSR count). The van der Waals surface area contributed by atoms with E-state index in [1.807, 2.05) is 6.07 Å². The third kappa shape index (κ3) is 2.81. The van der Waals surface area contributed by atoms with E-state index in [0.29, 0.717) is 11.6 Å². The van der Waals surface area contributed by atoms with Crippen LogP contribution in [0.3, 0.4) is 0 Å². The van der Waals surface area contributed by atoms with Crippen LogP contribution in [0.4, 0.5) is 0 Å². The lowest BCUT2D eigenvalue weighted by atomic mass is 10.1. The molecule has 1 aliphatic carbocycles. The third-order valence-electron chi connectivity index (χ3n) is 4.49. The zero-order valence-electron chi connectivity index (χ0n) is 12.4. The molecular weight excluding hydrogens is 264 g/mol. The first-order chi connectivity index (χ1) is 10.2. The van der Waals surface area contributed by atoms with Gasteiger partial charge in [0.2, 0.25) is 0 Å². The van der Waals surface area contributed by atoms with E-state index in [4.69, 9.17) is 0 Å². The molecule has 0 bridgehead atoms. The number of aromatic nitrogens is 1. The van der Waals surface area contributed by atoms with Gasteiger partial charge in [0.25, 0.3) is 0 Å². The minimum absolute atomic E-state index is 0.360. The van der Waals surface area contributed by atoms with Crippen molar-refractivity contribution in [2.24, 2.45) is 0 Å². The SMILES string of the molecule is CCn1cc(CNC2CCCC2)c2cc(C(=O)O)ccc21. The molecular formula is C17H22N2O2. The highest BCUT2D eigenvalue weighted by Crippen LogP contribution is 2.24. The normalized spacial score (nSPS) is 15.9. The van der Waals surface area contributed by atoms with E-state index in [9.17, 15) is 9.90 Å². The molecule has 2 N–H and O–H groups in total. The first-order valence-corrected chi connectivity index (χ1v) is 7.77. The van der Waals surface area contributed by atoms with Gasteiger partial charge in [-0.05, 0) is 43.5 Å². The van der Waals surface area contributed by atoms with Gasteiger partial charge in [0.1, 0.15) is 0 Å². The number of aromatic carboxylic acids is 1. The summed E-state index contributed by atoms with van der Waals surface area (Å²) in [5, 5.41) is 13.9. The van der Waals surface area contributed by atoms with Crippen LogP contribution in [0.15, 0.2) is 24.4 Å². The van der Waals surface area contributed by atoms with Crippen molar-refractivity contribution in [3.05, 3.63) is 35.5 Å². The smallest absolute Gasteiger partial charge is 0.335 e. The lowest BCUT2D eigenvalue weighted by Gasteiger charge is -2.11. The minimum Gasteiger partial charge on any atom is -0.478 e. The Bertz CT molecular complexity index is 654. The highest BCUT2D eigenvalue weighted by molar-refractivity contribution is 5.95. The fraction of sp³-hybridized carbons (Fsp3) is 0.471. The van der Waals surface area contributed by atoms with Crippen molar-refractivity contribution in [2.45, 2.75) is 51.7 Å². The molecule has 1 aliphatic rings. The van der Waals surface area contributed by atoms with E-state index >= 15 is 0 Å². The molecule has 0 atom stereocenters. The van der Waals surface area contributed by atoms with Crippen molar-refractivity contribution in [1.82, 2.24) is 9.88 Å². The van der Waals surface area contributed by atoms with Crippen molar-refractivity contribution >= 4 is 16.9 Å². The van der Waals surface area contributed by atoms with Crippen LogP contribution in [-0.4, -0.2) is 21.7 Å². The lowest BCUT2D eigenvalue weighted by molar-refractivity contribution is 0.0697. The van der Waals surface area contributed by atoms with Crippen LogP contribution in [-0.2, 0) is 13.1 Å². The number of nitrogens with one attached hydrogen (secondary N) is 1. The summed E-state index contributed by atoms with van der Waals surface area (Å²) in [7, 11) is 0. The Balaban J connectivity index is 1.91. The molecule has 21 heavy (non-hydrogen) atoms. The Morgan fingerprint density at radius 3 is 2.81 bits per heavy atom. The van der Waals surface area contributed by atoms with Gasteiger partial charge in [0.05, 0.1) is 5.56 Å². The molecule has 1 heterocycles. The van der Waals surface area contributed by atoms with E-state index < -0.39 is 5.97 Å². The van der Waals surface area contributed by atoms with Crippen LogP contribution < -0.4 is 5.32 Å². The first kappa shape index (κ1) is 14.1. The van der Waals surface area contributed by atoms with Crippen LogP contribution in [0.5, 0.6) is 0 Å². The van der Waals surface area contributed by atoms with Crippen molar-refractivity contribution in [2.75, 3.05) is 0 Å². The summed E-state index contributed by atoms with van der Waals surface area (Å²) in [5.41, 5.74) is 2.67. The number of carbonyl (C=O) groups is 1. The van der Waals surface area contributed by atoms with Gasteiger partial charge in [-0.25, -0.2) is 4.79 Å². The Labute approximate surface area is 124 Å². The van der Waals surface area contributed by atoms with E-state index in [2.05, 4.69) is 23.0 Å². The van der Waals surface area contributed by atoms with Crippen molar-refractivity contribution in [3.63, 3.8) is 0 Å². The second-order valence-corrected chi connectivity index (χ2v) is 5.84. The molecule has 1 aromatic heterocycles. The molecule has 1 aromatic carbocycles. The standard InChI is InChI=1S/C17H22N2O2/c1-2-19-11-13(10-18-14-5-3-4-6-14)15-9-12(17(20)21)7-8-16(15)19/h7-9,11,14,18H,2-6,10H2,1H3,(H,20,21). The van der Waals surface area contributed by atoms with Gasteiger partial charge in [-0.2, -0.15) is 0 Å². The summed E-state index contributed by atoms with van der Waals surface area (Å²) >= 11 is 0. The average Bonchev–Trinajstić information content (AvgIpc) is 3.12. The zero-order valence-corrected chi connectivity index (χ0v) is 12.4.